The zero-order valence-corrected chi connectivity index (χ0v) is 14.4. The maximum Gasteiger partial charge on any atom is 0.225 e. The lowest BCUT2D eigenvalue weighted by Gasteiger charge is -2.36. The summed E-state index contributed by atoms with van der Waals surface area (Å²) in [5.41, 5.74) is 1.97. The molecule has 0 bridgehead atoms. The molecule has 24 heavy (non-hydrogen) atoms. The van der Waals surface area contributed by atoms with Crippen molar-refractivity contribution in [2.45, 2.75) is 52.1 Å². The normalized spacial score (nSPS) is 17.8. The van der Waals surface area contributed by atoms with Crippen LogP contribution in [0.2, 0.25) is 0 Å². The van der Waals surface area contributed by atoms with Crippen LogP contribution in [0.25, 0.3) is 0 Å². The van der Waals surface area contributed by atoms with Gasteiger partial charge >= 0.3 is 0 Å². The summed E-state index contributed by atoms with van der Waals surface area (Å²) in [6, 6.07) is 9.13. The van der Waals surface area contributed by atoms with Crippen LogP contribution in [-0.2, 0) is 6.54 Å². The fourth-order valence-electron chi connectivity index (χ4n) is 3.29. The first-order valence-corrected chi connectivity index (χ1v) is 8.76. The number of hydrogen-bond acceptors (Lipinski definition) is 4. The molecule has 1 atom stereocenters. The standard InChI is InChI=1S/C19H25FN4/c1-3-17-6-4-5-11-24(17)18-12-14(2)22-19(23-18)21-13-15-7-9-16(20)10-8-15/h7-10,12,17H,3-6,11,13H2,1-2H3,(H,21,22,23). The van der Waals surface area contributed by atoms with Crippen LogP contribution in [-0.4, -0.2) is 22.6 Å². The SMILES string of the molecule is CCC1CCCCN1c1cc(C)nc(NCc2ccc(F)cc2)n1. The van der Waals surface area contributed by atoms with Crippen LogP contribution in [0.5, 0.6) is 0 Å². The van der Waals surface area contributed by atoms with Gasteiger partial charge in [-0.05, 0) is 50.3 Å². The largest absolute Gasteiger partial charge is 0.353 e. The minimum absolute atomic E-state index is 0.219. The van der Waals surface area contributed by atoms with Crippen molar-refractivity contribution in [3.63, 3.8) is 0 Å². The van der Waals surface area contributed by atoms with Gasteiger partial charge in [0.25, 0.3) is 0 Å². The molecule has 5 heteroatoms. The van der Waals surface area contributed by atoms with E-state index in [9.17, 15) is 4.39 Å². The van der Waals surface area contributed by atoms with Gasteiger partial charge in [0.15, 0.2) is 0 Å². The average Bonchev–Trinajstić information content (AvgIpc) is 2.61. The molecule has 1 unspecified atom stereocenters. The van der Waals surface area contributed by atoms with Crippen molar-refractivity contribution in [1.82, 2.24) is 9.97 Å². The lowest BCUT2D eigenvalue weighted by atomic mass is 10.00. The molecule has 0 radical (unpaired) electrons. The lowest BCUT2D eigenvalue weighted by molar-refractivity contribution is 0.446. The van der Waals surface area contributed by atoms with E-state index in [1.807, 2.05) is 6.92 Å². The lowest BCUT2D eigenvalue weighted by Crippen LogP contribution is -2.39. The Morgan fingerprint density at radius 1 is 1.21 bits per heavy atom. The number of nitrogens with one attached hydrogen (secondary N) is 1. The van der Waals surface area contributed by atoms with Crippen molar-refractivity contribution in [3.05, 3.63) is 47.4 Å². The van der Waals surface area contributed by atoms with Crippen LogP contribution in [0.15, 0.2) is 30.3 Å². The smallest absolute Gasteiger partial charge is 0.225 e. The van der Waals surface area contributed by atoms with E-state index in [-0.39, 0.29) is 5.82 Å². The minimum Gasteiger partial charge on any atom is -0.353 e. The molecule has 0 saturated carbocycles. The Morgan fingerprint density at radius 2 is 2.00 bits per heavy atom. The Bertz CT molecular complexity index is 672. The van der Waals surface area contributed by atoms with Crippen LogP contribution in [0, 0.1) is 12.7 Å². The molecule has 1 aromatic carbocycles. The Hall–Kier alpha value is -2.17. The first-order chi connectivity index (χ1) is 11.7. The Morgan fingerprint density at radius 3 is 2.75 bits per heavy atom. The number of anilines is 2. The summed E-state index contributed by atoms with van der Waals surface area (Å²) < 4.78 is 13.0. The molecule has 0 aliphatic carbocycles. The van der Waals surface area contributed by atoms with Gasteiger partial charge < -0.3 is 10.2 Å². The molecule has 1 saturated heterocycles. The number of halogens is 1. The molecule has 128 valence electrons. The molecule has 0 spiro atoms. The van der Waals surface area contributed by atoms with Crippen molar-refractivity contribution in [1.29, 1.82) is 0 Å². The van der Waals surface area contributed by atoms with E-state index >= 15 is 0 Å². The molecule has 2 aromatic rings. The average molecular weight is 328 g/mol. The second-order valence-corrected chi connectivity index (χ2v) is 6.42. The zero-order chi connectivity index (χ0) is 16.9. The van der Waals surface area contributed by atoms with Crippen LogP contribution >= 0.6 is 0 Å². The second kappa shape index (κ2) is 7.60. The zero-order valence-electron chi connectivity index (χ0n) is 14.4. The van der Waals surface area contributed by atoms with Gasteiger partial charge in [-0.2, -0.15) is 4.98 Å². The molecular formula is C19H25FN4. The van der Waals surface area contributed by atoms with E-state index in [4.69, 9.17) is 4.98 Å². The van der Waals surface area contributed by atoms with E-state index in [0.29, 0.717) is 18.5 Å². The van der Waals surface area contributed by atoms with Gasteiger partial charge in [-0.25, -0.2) is 9.37 Å². The Labute approximate surface area is 143 Å². The first-order valence-electron chi connectivity index (χ1n) is 8.76. The number of nitrogens with zero attached hydrogens (tertiary/aromatic N) is 3. The highest BCUT2D eigenvalue weighted by Crippen LogP contribution is 2.26. The summed E-state index contributed by atoms with van der Waals surface area (Å²) in [4.78, 5) is 11.6. The number of hydrogen-bond donors (Lipinski definition) is 1. The summed E-state index contributed by atoms with van der Waals surface area (Å²) in [6.07, 6.45) is 4.89. The summed E-state index contributed by atoms with van der Waals surface area (Å²) in [5.74, 6) is 1.42. The van der Waals surface area contributed by atoms with Gasteiger partial charge in [-0.15, -0.1) is 0 Å². The molecule has 1 fully saturated rings. The molecular weight excluding hydrogens is 303 g/mol. The maximum atomic E-state index is 13.0. The molecule has 2 heterocycles. The van der Waals surface area contributed by atoms with E-state index in [1.54, 1.807) is 12.1 Å². The Balaban J connectivity index is 1.74. The second-order valence-electron chi connectivity index (χ2n) is 6.42. The van der Waals surface area contributed by atoms with E-state index in [2.05, 4.69) is 28.2 Å². The highest BCUT2D eigenvalue weighted by atomic mass is 19.1. The van der Waals surface area contributed by atoms with E-state index < -0.39 is 0 Å². The van der Waals surface area contributed by atoms with Crippen molar-refractivity contribution in [2.24, 2.45) is 0 Å². The van der Waals surface area contributed by atoms with Crippen LogP contribution < -0.4 is 10.2 Å². The van der Waals surface area contributed by atoms with Crippen molar-refractivity contribution in [2.75, 3.05) is 16.8 Å². The fraction of sp³-hybridized carbons (Fsp3) is 0.474. The van der Waals surface area contributed by atoms with Crippen molar-refractivity contribution >= 4 is 11.8 Å². The molecule has 1 aliphatic heterocycles. The molecule has 3 rings (SSSR count). The van der Waals surface area contributed by atoms with Gasteiger partial charge in [0, 0.05) is 30.9 Å². The first kappa shape index (κ1) is 16.7. The van der Waals surface area contributed by atoms with Gasteiger partial charge in [0.05, 0.1) is 0 Å². The summed E-state index contributed by atoms with van der Waals surface area (Å²) in [6.45, 7) is 5.89. The van der Waals surface area contributed by atoms with Crippen LogP contribution in [0.1, 0.15) is 43.9 Å². The predicted octanol–water partition coefficient (Wildman–Crippen LogP) is 4.31. The Kier molecular flexibility index (Phi) is 5.28. The number of piperidine rings is 1. The molecule has 1 aromatic heterocycles. The molecule has 4 nitrogen and oxygen atoms in total. The molecule has 1 N–H and O–H groups in total. The quantitative estimate of drug-likeness (QED) is 0.888. The third-order valence-corrected chi connectivity index (χ3v) is 4.60. The fourth-order valence-corrected chi connectivity index (χ4v) is 3.29. The minimum atomic E-state index is -0.219. The topological polar surface area (TPSA) is 41.1 Å². The number of aromatic nitrogens is 2. The third kappa shape index (κ3) is 4.02. The van der Waals surface area contributed by atoms with Crippen molar-refractivity contribution < 1.29 is 4.39 Å². The number of benzene rings is 1. The van der Waals surface area contributed by atoms with Crippen LogP contribution in [0.3, 0.4) is 0 Å². The summed E-state index contributed by atoms with van der Waals surface area (Å²) in [5, 5.41) is 3.26. The highest BCUT2D eigenvalue weighted by Gasteiger charge is 2.22. The van der Waals surface area contributed by atoms with Gasteiger partial charge in [0.1, 0.15) is 11.6 Å². The van der Waals surface area contributed by atoms with E-state index in [0.717, 1.165) is 30.0 Å². The monoisotopic (exact) mass is 328 g/mol. The van der Waals surface area contributed by atoms with Gasteiger partial charge in [-0.1, -0.05) is 19.1 Å². The third-order valence-electron chi connectivity index (χ3n) is 4.60. The summed E-state index contributed by atoms with van der Waals surface area (Å²) >= 11 is 0. The van der Waals surface area contributed by atoms with E-state index in [1.165, 1.54) is 31.4 Å². The van der Waals surface area contributed by atoms with Crippen LogP contribution in [0.4, 0.5) is 16.2 Å². The predicted molar refractivity (Wildman–Crippen MR) is 95.8 cm³/mol. The van der Waals surface area contributed by atoms with Gasteiger partial charge in [-0.3, -0.25) is 0 Å². The summed E-state index contributed by atoms with van der Waals surface area (Å²) in [7, 11) is 0. The van der Waals surface area contributed by atoms with Gasteiger partial charge in [0.2, 0.25) is 5.95 Å². The van der Waals surface area contributed by atoms with Crippen molar-refractivity contribution in [3.8, 4) is 0 Å². The molecule has 0 amide bonds. The molecule has 1 aliphatic rings. The number of rotatable bonds is 5. The highest BCUT2D eigenvalue weighted by molar-refractivity contribution is 5.46. The number of aryl methyl sites for hydroxylation is 1. The maximum absolute atomic E-state index is 13.0.